The van der Waals surface area contributed by atoms with Crippen molar-refractivity contribution in [1.82, 2.24) is 15.6 Å². The standard InChI is InChI=1S/C38H66FNO.C19H38.C18H28FNO.C12H25NO.C2H6/c1-9-15-30(11-3)17-13-14-18-32(12-4)33(16-10-2)27-36(41)23-24-38(7,8)37-28(5)25-34(29(6)40-37)26-31-19-21-35(39)22-20-31;1-4-8-17(9-5-2)11-7-12-19-15-13-18(10-6-3)14-16-19;1-5-18(3,4)16-12(2)10-14(17(21)20-16)11-13-6-8-15(19)9-7-13;1-5-10(2)9-13-11(3)7-6-8-12(4)14;1-2/h25,30-33,35,40H,6,9-24,26-27H2,1-5,7-8H3;17-19H,4-16H2,1-3H3;10,13,15H,5-9,11H2,1-4H3,(H,20,21);10-11,13H,5-9H2,1-4H3;1-2H3/t30?,31?,32-,33?,35?;;;10?,11-;/m1..1./s1. The fraction of sp³-hybridized carbons (Fsp3) is 0.854. The van der Waals surface area contributed by atoms with Crippen molar-refractivity contribution in [3.8, 4) is 0 Å². The molecule has 5 atom stereocenters. The first-order chi connectivity index (χ1) is 46.2. The van der Waals surface area contributed by atoms with Crippen molar-refractivity contribution in [3.05, 3.63) is 68.4 Å². The van der Waals surface area contributed by atoms with Crippen LogP contribution in [-0.4, -0.2) is 41.5 Å². The number of ketones is 2. The average molecular weight is 1360 g/mol. The van der Waals surface area contributed by atoms with Crippen LogP contribution in [-0.2, 0) is 21.4 Å². The first kappa shape index (κ1) is 92.1. The largest absolute Gasteiger partial charge is 0.358 e. The molecule has 8 heteroatoms. The summed E-state index contributed by atoms with van der Waals surface area (Å²) in [5.74, 6) is 7.82. The second kappa shape index (κ2) is 53.0. The molecule has 1 aromatic rings. The third-order valence-corrected chi connectivity index (χ3v) is 23.6. The number of Topliss-reactive ketones (excluding diaryl/α,β-unsaturated/α-hetero) is 2. The Balaban J connectivity index is 0.000000703. The highest BCUT2D eigenvalue weighted by molar-refractivity contribution is 5.78. The summed E-state index contributed by atoms with van der Waals surface area (Å²) < 4.78 is 26.8. The minimum absolute atomic E-state index is 0.00589. The smallest absolute Gasteiger partial charge is 0.251 e. The number of rotatable bonds is 42. The Bertz CT molecular complexity index is 2320. The quantitative estimate of drug-likeness (QED) is 0.0568. The summed E-state index contributed by atoms with van der Waals surface area (Å²) in [6, 6.07) is 2.59. The van der Waals surface area contributed by atoms with E-state index >= 15 is 0 Å². The Labute approximate surface area is 601 Å². The van der Waals surface area contributed by atoms with Gasteiger partial charge < -0.3 is 20.4 Å². The van der Waals surface area contributed by atoms with E-state index in [1.807, 2.05) is 19.9 Å². The fourth-order valence-electron chi connectivity index (χ4n) is 16.5. The molecule has 2 heterocycles. The molecular formula is C89H163F2N3O3. The van der Waals surface area contributed by atoms with E-state index in [-0.39, 0.29) is 16.4 Å². The summed E-state index contributed by atoms with van der Waals surface area (Å²) in [6.45, 7) is 49.3. The molecule has 0 aromatic carbocycles. The first-order valence-corrected chi connectivity index (χ1v) is 41.9. The molecular weight excluding hydrogens is 1200 g/mol. The van der Waals surface area contributed by atoms with Crippen molar-refractivity contribution in [2.24, 2.45) is 58.7 Å². The van der Waals surface area contributed by atoms with Gasteiger partial charge in [0.1, 0.15) is 23.9 Å². The summed E-state index contributed by atoms with van der Waals surface area (Å²) in [6.07, 6.45) is 48.8. The molecule has 4 aliphatic rings. The molecule has 0 saturated heterocycles. The molecule has 0 bridgehead atoms. The van der Waals surface area contributed by atoms with E-state index in [2.05, 4.69) is 146 Å². The molecule has 3 fully saturated rings. The summed E-state index contributed by atoms with van der Waals surface area (Å²) in [4.78, 5) is 39.5. The summed E-state index contributed by atoms with van der Waals surface area (Å²) in [5.41, 5.74) is 7.71. The Morgan fingerprint density at radius 2 is 1.12 bits per heavy atom. The lowest BCUT2D eigenvalue weighted by Gasteiger charge is -2.35. The van der Waals surface area contributed by atoms with Gasteiger partial charge in [-0.05, 0) is 200 Å². The molecule has 3 saturated carbocycles. The van der Waals surface area contributed by atoms with Crippen LogP contribution in [0.3, 0.4) is 0 Å². The normalized spacial score (nSPS) is 21.4. The molecule has 3 unspecified atom stereocenters. The van der Waals surface area contributed by atoms with E-state index in [1.54, 1.807) is 6.92 Å². The van der Waals surface area contributed by atoms with E-state index in [9.17, 15) is 23.2 Å². The number of carbonyl (C=O) groups is 2. The predicted molar refractivity (Wildman–Crippen MR) is 422 cm³/mol. The highest BCUT2D eigenvalue weighted by atomic mass is 19.1. The van der Waals surface area contributed by atoms with Gasteiger partial charge in [0.05, 0.1) is 0 Å². The van der Waals surface area contributed by atoms with Crippen molar-refractivity contribution in [2.45, 2.75) is 426 Å². The van der Waals surface area contributed by atoms with Gasteiger partial charge in [-0.2, -0.15) is 0 Å². The van der Waals surface area contributed by atoms with E-state index in [0.29, 0.717) is 73.4 Å². The lowest BCUT2D eigenvalue weighted by atomic mass is 9.76. The van der Waals surface area contributed by atoms with Crippen LogP contribution in [0.2, 0.25) is 0 Å². The van der Waals surface area contributed by atoms with E-state index in [0.717, 1.165) is 142 Å². The van der Waals surface area contributed by atoms with Gasteiger partial charge in [0, 0.05) is 58.8 Å². The van der Waals surface area contributed by atoms with Gasteiger partial charge in [-0.15, -0.1) is 0 Å². The number of halogens is 2. The van der Waals surface area contributed by atoms with Gasteiger partial charge in [-0.1, -0.05) is 278 Å². The number of H-pyrrole nitrogens is 1. The van der Waals surface area contributed by atoms with Crippen molar-refractivity contribution < 1.29 is 18.4 Å². The summed E-state index contributed by atoms with van der Waals surface area (Å²) in [5, 5.41) is 7.14. The van der Waals surface area contributed by atoms with Crippen LogP contribution in [0.15, 0.2) is 46.1 Å². The van der Waals surface area contributed by atoms with Crippen molar-refractivity contribution in [1.29, 1.82) is 0 Å². The van der Waals surface area contributed by atoms with Crippen LogP contribution < -0.4 is 16.2 Å². The molecule has 1 aromatic heterocycles. The summed E-state index contributed by atoms with van der Waals surface area (Å²) >= 11 is 0. The highest BCUT2D eigenvalue weighted by Gasteiger charge is 2.32. The molecule has 0 radical (unpaired) electrons. The van der Waals surface area contributed by atoms with Crippen molar-refractivity contribution in [3.63, 3.8) is 0 Å². The lowest BCUT2D eigenvalue weighted by Crippen LogP contribution is -2.31. The second-order valence-corrected chi connectivity index (χ2v) is 33.1. The number of hydrogen-bond donors (Lipinski definition) is 3. The number of aromatic nitrogens is 1. The molecule has 3 N–H and O–H groups in total. The third kappa shape index (κ3) is 38.8. The Kier molecular flexibility index (Phi) is 50.3. The molecule has 566 valence electrons. The number of pyridine rings is 1. The first-order valence-electron chi connectivity index (χ1n) is 41.9. The number of unbranched alkanes of at least 4 members (excludes halogenated alkanes) is 1. The van der Waals surface area contributed by atoms with E-state index in [4.69, 9.17) is 0 Å². The van der Waals surface area contributed by atoms with Crippen molar-refractivity contribution >= 4 is 11.6 Å². The molecule has 5 rings (SSSR count). The van der Waals surface area contributed by atoms with Crippen LogP contribution in [0.4, 0.5) is 8.78 Å². The number of carbonyl (C=O) groups excluding carboxylic acids is 2. The number of nitrogens with one attached hydrogen (secondary N) is 3. The zero-order chi connectivity index (χ0) is 72.9. The van der Waals surface area contributed by atoms with E-state index < -0.39 is 12.3 Å². The van der Waals surface area contributed by atoms with E-state index in [1.165, 1.54) is 165 Å². The molecule has 0 spiro atoms. The SMILES string of the molecule is C=C1NC(C(C)(C)CCC(=O)CC(CCC)[C@H](CC)CCCCC(CC)CCC)=C(C)C=C1CC1CCC(F)CC1.CC.CCC(C)(C)c1[nH]c(=O)c(CC2CCC(F)CC2)cc1C.CCC(C)CN[C@H](C)CCCC(C)=O.CCCC(CCC)CCCC1CCC(CCC)CC1. The maximum Gasteiger partial charge on any atom is 0.251 e. The van der Waals surface area contributed by atoms with Gasteiger partial charge in [0.2, 0.25) is 0 Å². The lowest BCUT2D eigenvalue weighted by molar-refractivity contribution is -0.121. The molecule has 1 aliphatic heterocycles. The Morgan fingerprint density at radius 1 is 0.598 bits per heavy atom. The fourth-order valence-corrected chi connectivity index (χ4v) is 16.5. The number of hydrogen-bond acceptors (Lipinski definition) is 5. The van der Waals surface area contributed by atoms with Crippen LogP contribution in [0.5, 0.6) is 0 Å². The van der Waals surface area contributed by atoms with Crippen molar-refractivity contribution in [2.75, 3.05) is 6.54 Å². The van der Waals surface area contributed by atoms with Gasteiger partial charge in [-0.3, -0.25) is 9.59 Å². The predicted octanol–water partition coefficient (Wildman–Crippen LogP) is 27.0. The topological polar surface area (TPSA) is 91.1 Å². The van der Waals surface area contributed by atoms with Gasteiger partial charge in [-0.25, -0.2) is 8.78 Å². The maximum atomic E-state index is 13.6. The molecule has 97 heavy (non-hydrogen) atoms. The summed E-state index contributed by atoms with van der Waals surface area (Å²) in [7, 11) is 0. The minimum Gasteiger partial charge on any atom is -0.358 e. The highest BCUT2D eigenvalue weighted by Crippen LogP contribution is 2.41. The van der Waals surface area contributed by atoms with Crippen LogP contribution >= 0.6 is 0 Å². The van der Waals surface area contributed by atoms with Gasteiger partial charge in [0.15, 0.2) is 0 Å². The Hall–Kier alpha value is -2.87. The number of alkyl halides is 2. The third-order valence-electron chi connectivity index (χ3n) is 23.6. The zero-order valence-corrected chi connectivity index (χ0v) is 68.0. The number of allylic oxidation sites excluding steroid dienone is 4. The monoisotopic (exact) mass is 1360 g/mol. The van der Waals surface area contributed by atoms with Gasteiger partial charge >= 0.3 is 0 Å². The number of dihydropyridines is 1. The van der Waals surface area contributed by atoms with Crippen LogP contribution in [0, 0.1) is 65.6 Å². The zero-order valence-electron chi connectivity index (χ0n) is 68.0. The molecule has 3 aliphatic carbocycles. The van der Waals surface area contributed by atoms with Crippen LogP contribution in [0.1, 0.15) is 405 Å². The average Bonchev–Trinajstić information content (AvgIpc) is 0.809. The molecule has 0 amide bonds. The number of aromatic amines is 1. The number of aryl methyl sites for hydroxylation is 1. The van der Waals surface area contributed by atoms with Gasteiger partial charge in [0.25, 0.3) is 5.56 Å². The molecule has 6 nitrogen and oxygen atoms in total. The van der Waals surface area contributed by atoms with Crippen LogP contribution in [0.25, 0.3) is 0 Å². The maximum absolute atomic E-state index is 13.6. The minimum atomic E-state index is -0.631. The second-order valence-electron chi connectivity index (χ2n) is 33.1. The Morgan fingerprint density at radius 3 is 1.64 bits per heavy atom.